The topological polar surface area (TPSA) is 30.7 Å². The molecule has 1 saturated carbocycles. The first-order valence-corrected chi connectivity index (χ1v) is 5.17. The van der Waals surface area contributed by atoms with Crippen molar-refractivity contribution < 1.29 is 13.2 Å². The van der Waals surface area contributed by atoms with Crippen LogP contribution in [0.4, 0.5) is 13.2 Å². The number of aromatic nitrogens is 3. The van der Waals surface area contributed by atoms with E-state index >= 15 is 0 Å². The molecule has 0 saturated heterocycles. The zero-order valence-corrected chi connectivity index (χ0v) is 9.47. The number of hydrogen-bond donors (Lipinski definition) is 0. The first-order valence-electron chi connectivity index (χ1n) is 5.17. The van der Waals surface area contributed by atoms with Crippen LogP contribution in [-0.2, 0) is 11.0 Å². The van der Waals surface area contributed by atoms with E-state index in [9.17, 15) is 13.2 Å². The molecule has 2 rings (SSSR count). The summed E-state index contributed by atoms with van der Waals surface area (Å²) in [6.07, 6.45) is -2.62. The average molecular weight is 233 g/mol. The summed E-state index contributed by atoms with van der Waals surface area (Å²) < 4.78 is 39.4. The monoisotopic (exact) mass is 233 g/mol. The Morgan fingerprint density at radius 2 is 1.81 bits per heavy atom. The van der Waals surface area contributed by atoms with E-state index in [0.29, 0.717) is 5.69 Å². The molecule has 0 spiro atoms. The van der Waals surface area contributed by atoms with E-state index in [1.165, 1.54) is 6.20 Å². The van der Waals surface area contributed by atoms with Crippen LogP contribution in [0.3, 0.4) is 0 Å². The molecule has 16 heavy (non-hydrogen) atoms. The highest BCUT2D eigenvalue weighted by molar-refractivity contribution is 5.12. The summed E-state index contributed by atoms with van der Waals surface area (Å²) in [5.41, 5.74) is -1.48. The molecule has 0 aromatic carbocycles. The largest absolute Gasteiger partial charge is 0.413 e. The van der Waals surface area contributed by atoms with Gasteiger partial charge in [0.1, 0.15) is 0 Å². The van der Waals surface area contributed by atoms with Crippen LogP contribution < -0.4 is 0 Å². The Labute approximate surface area is 91.6 Å². The number of nitrogens with zero attached hydrogens (tertiary/aromatic N) is 3. The Balaban J connectivity index is 2.34. The smallest absolute Gasteiger partial charge is 0.237 e. The average Bonchev–Trinajstić information content (AvgIpc) is 2.75. The SMILES string of the molecule is CC(C)(C)c1cn(C2(C(F)(F)F)CC2)nn1. The van der Waals surface area contributed by atoms with E-state index in [0.717, 1.165) is 4.68 Å². The first kappa shape index (κ1) is 11.4. The number of alkyl halides is 3. The van der Waals surface area contributed by atoms with E-state index < -0.39 is 11.7 Å². The third-order valence-electron chi connectivity index (χ3n) is 2.95. The van der Waals surface area contributed by atoms with Crippen molar-refractivity contribution in [3.63, 3.8) is 0 Å². The van der Waals surface area contributed by atoms with Gasteiger partial charge in [0.2, 0.25) is 0 Å². The molecular formula is C10H14F3N3. The molecule has 0 radical (unpaired) electrons. The summed E-state index contributed by atoms with van der Waals surface area (Å²) in [5.74, 6) is 0. The fraction of sp³-hybridized carbons (Fsp3) is 0.800. The predicted molar refractivity (Wildman–Crippen MR) is 52.0 cm³/mol. The Bertz CT molecular complexity index is 396. The van der Waals surface area contributed by atoms with E-state index in [4.69, 9.17) is 0 Å². The quantitative estimate of drug-likeness (QED) is 0.746. The highest BCUT2D eigenvalue weighted by Gasteiger charge is 2.66. The lowest BCUT2D eigenvalue weighted by Crippen LogP contribution is -2.35. The van der Waals surface area contributed by atoms with Crippen molar-refractivity contribution in [2.24, 2.45) is 0 Å². The molecule has 3 nitrogen and oxygen atoms in total. The zero-order chi connectivity index (χ0) is 12.2. The maximum absolute atomic E-state index is 12.8. The van der Waals surface area contributed by atoms with Crippen LogP contribution in [0, 0.1) is 0 Å². The standard InChI is InChI=1S/C10H14F3N3/c1-8(2,3)7-6-16(15-14-7)9(4-5-9)10(11,12)13/h6H,4-5H2,1-3H3. The molecule has 1 aromatic rings. The molecule has 1 heterocycles. The fourth-order valence-corrected chi connectivity index (χ4v) is 1.58. The van der Waals surface area contributed by atoms with Crippen LogP contribution in [0.1, 0.15) is 39.3 Å². The molecule has 1 aromatic heterocycles. The summed E-state index contributed by atoms with van der Waals surface area (Å²) in [6.45, 7) is 5.69. The van der Waals surface area contributed by atoms with E-state index in [1.807, 2.05) is 20.8 Å². The normalized spacial score (nSPS) is 19.9. The van der Waals surface area contributed by atoms with Gasteiger partial charge in [-0.2, -0.15) is 13.2 Å². The van der Waals surface area contributed by atoms with Gasteiger partial charge in [-0.1, -0.05) is 26.0 Å². The lowest BCUT2D eigenvalue weighted by molar-refractivity contribution is -0.183. The van der Waals surface area contributed by atoms with Crippen molar-refractivity contribution in [1.82, 2.24) is 15.0 Å². The summed E-state index contributed by atoms with van der Waals surface area (Å²) >= 11 is 0. The van der Waals surface area contributed by atoms with Crippen molar-refractivity contribution in [2.45, 2.75) is 50.7 Å². The van der Waals surface area contributed by atoms with Crippen molar-refractivity contribution in [2.75, 3.05) is 0 Å². The first-order chi connectivity index (χ1) is 7.17. The number of hydrogen-bond acceptors (Lipinski definition) is 2. The van der Waals surface area contributed by atoms with E-state index in [1.54, 1.807) is 0 Å². The third-order valence-corrected chi connectivity index (χ3v) is 2.95. The number of halogens is 3. The molecule has 1 aliphatic rings. The van der Waals surface area contributed by atoms with Crippen LogP contribution in [0.15, 0.2) is 6.20 Å². The maximum atomic E-state index is 12.8. The van der Waals surface area contributed by atoms with Crippen molar-refractivity contribution in [1.29, 1.82) is 0 Å². The summed E-state index contributed by atoms with van der Waals surface area (Å²) in [5, 5.41) is 7.45. The molecule has 6 heteroatoms. The van der Waals surface area contributed by atoms with Gasteiger partial charge in [0, 0.05) is 5.41 Å². The third kappa shape index (κ3) is 1.60. The van der Waals surface area contributed by atoms with E-state index in [2.05, 4.69) is 10.3 Å². The second-order valence-electron chi connectivity index (χ2n) is 5.33. The maximum Gasteiger partial charge on any atom is 0.413 e. The minimum Gasteiger partial charge on any atom is -0.237 e. The summed E-state index contributed by atoms with van der Waals surface area (Å²) in [7, 11) is 0. The highest BCUT2D eigenvalue weighted by Crippen LogP contribution is 2.55. The lowest BCUT2D eigenvalue weighted by atomic mass is 9.93. The molecular weight excluding hydrogens is 219 g/mol. The molecule has 0 atom stereocenters. The Morgan fingerprint density at radius 3 is 2.12 bits per heavy atom. The zero-order valence-electron chi connectivity index (χ0n) is 9.47. The Morgan fingerprint density at radius 1 is 1.25 bits per heavy atom. The Kier molecular flexibility index (Phi) is 2.13. The molecule has 1 aliphatic carbocycles. The molecule has 0 aliphatic heterocycles. The van der Waals surface area contributed by atoms with Crippen LogP contribution in [-0.4, -0.2) is 21.2 Å². The second-order valence-corrected chi connectivity index (χ2v) is 5.33. The Hall–Kier alpha value is -1.07. The van der Waals surface area contributed by atoms with Crippen LogP contribution in [0.2, 0.25) is 0 Å². The molecule has 0 bridgehead atoms. The van der Waals surface area contributed by atoms with Crippen molar-refractivity contribution >= 4 is 0 Å². The van der Waals surface area contributed by atoms with E-state index in [-0.39, 0.29) is 18.3 Å². The van der Waals surface area contributed by atoms with Crippen LogP contribution in [0.5, 0.6) is 0 Å². The predicted octanol–water partition coefficient (Wildman–Crippen LogP) is 2.63. The molecule has 90 valence electrons. The molecule has 0 amide bonds. The van der Waals surface area contributed by atoms with Gasteiger partial charge in [-0.3, -0.25) is 0 Å². The van der Waals surface area contributed by atoms with Crippen LogP contribution in [0.25, 0.3) is 0 Å². The van der Waals surface area contributed by atoms with Gasteiger partial charge < -0.3 is 0 Å². The second kappa shape index (κ2) is 2.99. The molecule has 0 N–H and O–H groups in total. The minimum atomic E-state index is -4.24. The number of rotatable bonds is 1. The van der Waals surface area contributed by atoms with Crippen LogP contribution >= 0.6 is 0 Å². The van der Waals surface area contributed by atoms with Gasteiger partial charge in [-0.25, -0.2) is 4.68 Å². The summed E-state index contributed by atoms with van der Waals surface area (Å²) in [6, 6.07) is 0. The van der Waals surface area contributed by atoms with Crippen molar-refractivity contribution in [3.8, 4) is 0 Å². The van der Waals surface area contributed by atoms with Gasteiger partial charge in [0.05, 0.1) is 11.9 Å². The van der Waals surface area contributed by atoms with Gasteiger partial charge in [0.25, 0.3) is 0 Å². The van der Waals surface area contributed by atoms with Gasteiger partial charge in [-0.05, 0) is 12.8 Å². The van der Waals surface area contributed by atoms with Gasteiger partial charge in [0.15, 0.2) is 5.54 Å². The van der Waals surface area contributed by atoms with Gasteiger partial charge in [-0.15, -0.1) is 5.10 Å². The molecule has 1 fully saturated rings. The lowest BCUT2D eigenvalue weighted by Gasteiger charge is -2.19. The highest BCUT2D eigenvalue weighted by atomic mass is 19.4. The molecule has 0 unspecified atom stereocenters. The van der Waals surface area contributed by atoms with Gasteiger partial charge >= 0.3 is 6.18 Å². The van der Waals surface area contributed by atoms with Crippen molar-refractivity contribution in [3.05, 3.63) is 11.9 Å². The fourth-order valence-electron chi connectivity index (χ4n) is 1.58. The summed E-state index contributed by atoms with van der Waals surface area (Å²) in [4.78, 5) is 0. The minimum absolute atomic E-state index is 0.101.